The largest absolute Gasteiger partial charge is 0.375 e. The van der Waals surface area contributed by atoms with Crippen LogP contribution in [0.5, 0.6) is 0 Å². The van der Waals surface area contributed by atoms with Crippen molar-refractivity contribution in [2.24, 2.45) is 10.9 Å². The van der Waals surface area contributed by atoms with Crippen molar-refractivity contribution in [2.45, 2.75) is 58.7 Å². The number of hydrogen-bond donors (Lipinski definition) is 1. The van der Waals surface area contributed by atoms with Gasteiger partial charge in [0.25, 0.3) is 0 Å². The van der Waals surface area contributed by atoms with Crippen molar-refractivity contribution >= 4 is 29.9 Å². The van der Waals surface area contributed by atoms with Crippen LogP contribution >= 0.6 is 24.0 Å². The fourth-order valence-electron chi connectivity index (χ4n) is 3.18. The average Bonchev–Trinajstić information content (AvgIpc) is 3.09. The van der Waals surface area contributed by atoms with Crippen LogP contribution < -0.4 is 5.32 Å². The van der Waals surface area contributed by atoms with Gasteiger partial charge in [-0.3, -0.25) is 4.99 Å². The molecule has 0 aromatic rings. The molecule has 2 unspecified atom stereocenters. The van der Waals surface area contributed by atoms with E-state index >= 15 is 0 Å². The number of nitrogens with zero attached hydrogens (tertiary/aromatic N) is 2. The van der Waals surface area contributed by atoms with Gasteiger partial charge < -0.3 is 19.7 Å². The van der Waals surface area contributed by atoms with Gasteiger partial charge in [0.1, 0.15) is 6.10 Å². The van der Waals surface area contributed by atoms with Gasteiger partial charge in [-0.2, -0.15) is 0 Å². The van der Waals surface area contributed by atoms with Crippen LogP contribution in [0.1, 0.15) is 46.5 Å². The molecule has 0 spiro atoms. The Morgan fingerprint density at radius 2 is 1.91 bits per heavy atom. The summed E-state index contributed by atoms with van der Waals surface area (Å²) in [7, 11) is 0. The Hall–Kier alpha value is -0.0800. The predicted octanol–water partition coefficient (Wildman–Crippen LogP) is 2.89. The second kappa shape index (κ2) is 11.5. The summed E-state index contributed by atoms with van der Waals surface area (Å²) >= 11 is 0. The Bertz CT molecular complexity index is 345. The normalized spacial score (nSPS) is 25.6. The van der Waals surface area contributed by atoms with Crippen molar-refractivity contribution < 1.29 is 9.47 Å². The number of guanidine groups is 1. The van der Waals surface area contributed by atoms with Crippen molar-refractivity contribution in [3.05, 3.63) is 0 Å². The summed E-state index contributed by atoms with van der Waals surface area (Å²) in [5.74, 6) is 1.73. The Kier molecular flexibility index (Phi) is 10.5. The molecule has 0 amide bonds. The van der Waals surface area contributed by atoms with Crippen molar-refractivity contribution in [1.82, 2.24) is 10.2 Å². The lowest BCUT2D eigenvalue weighted by molar-refractivity contribution is -0.0817. The highest BCUT2D eigenvalue weighted by atomic mass is 127. The first kappa shape index (κ1) is 21.0. The number of nitrogens with one attached hydrogen (secondary N) is 1. The zero-order valence-corrected chi connectivity index (χ0v) is 17.3. The molecule has 0 radical (unpaired) electrons. The fourth-order valence-corrected chi connectivity index (χ4v) is 3.18. The van der Waals surface area contributed by atoms with Gasteiger partial charge in [0, 0.05) is 32.8 Å². The molecule has 0 saturated carbocycles. The van der Waals surface area contributed by atoms with Crippen LogP contribution in [-0.4, -0.2) is 62.5 Å². The summed E-state index contributed by atoms with van der Waals surface area (Å²) in [6.45, 7) is 11.9. The van der Waals surface area contributed by atoms with E-state index in [4.69, 9.17) is 14.5 Å². The number of morpholine rings is 1. The molecule has 1 N–H and O–H groups in total. The number of rotatable bonds is 6. The minimum Gasteiger partial charge on any atom is -0.375 e. The monoisotopic (exact) mass is 439 g/mol. The molecule has 2 aliphatic rings. The molecular formula is C17H34IN3O2. The maximum atomic E-state index is 5.94. The van der Waals surface area contributed by atoms with E-state index < -0.39 is 0 Å². The van der Waals surface area contributed by atoms with Crippen LogP contribution in [0.15, 0.2) is 4.99 Å². The van der Waals surface area contributed by atoms with Gasteiger partial charge in [-0.25, -0.2) is 0 Å². The molecule has 6 heteroatoms. The van der Waals surface area contributed by atoms with Crippen LogP contribution in [0.2, 0.25) is 0 Å². The third-order valence-corrected chi connectivity index (χ3v) is 4.76. The minimum atomic E-state index is 0. The first-order valence-corrected chi connectivity index (χ1v) is 9.04. The number of ether oxygens (including phenoxy) is 2. The third kappa shape index (κ3) is 6.38. The maximum Gasteiger partial charge on any atom is 0.194 e. The smallest absolute Gasteiger partial charge is 0.194 e. The molecule has 0 bridgehead atoms. The molecule has 5 nitrogen and oxygen atoms in total. The van der Waals surface area contributed by atoms with Crippen LogP contribution in [0.25, 0.3) is 0 Å². The molecular weight excluding hydrogens is 405 g/mol. The van der Waals surface area contributed by atoms with Gasteiger partial charge in [-0.05, 0) is 25.7 Å². The number of halogens is 1. The second-order valence-electron chi connectivity index (χ2n) is 6.28. The van der Waals surface area contributed by atoms with Crippen LogP contribution in [0.4, 0.5) is 0 Å². The summed E-state index contributed by atoms with van der Waals surface area (Å²) in [5, 5.41) is 3.45. The van der Waals surface area contributed by atoms with E-state index in [-0.39, 0.29) is 36.2 Å². The van der Waals surface area contributed by atoms with Crippen molar-refractivity contribution in [3.8, 4) is 0 Å². The summed E-state index contributed by atoms with van der Waals surface area (Å²) < 4.78 is 11.7. The highest BCUT2D eigenvalue weighted by Gasteiger charge is 2.32. The van der Waals surface area contributed by atoms with Gasteiger partial charge >= 0.3 is 0 Å². The molecule has 23 heavy (non-hydrogen) atoms. The van der Waals surface area contributed by atoms with E-state index in [2.05, 4.69) is 31.0 Å². The predicted molar refractivity (Wildman–Crippen MR) is 106 cm³/mol. The van der Waals surface area contributed by atoms with Crippen LogP contribution in [0, 0.1) is 5.92 Å². The van der Waals surface area contributed by atoms with E-state index in [1.807, 2.05) is 0 Å². The summed E-state index contributed by atoms with van der Waals surface area (Å²) in [4.78, 5) is 7.22. The lowest BCUT2D eigenvalue weighted by atomic mass is 10.0. The SMILES string of the molecule is CCNC(=NCC(CC)CC)N1CCOC(C2CCCO2)C1.I. The quantitative estimate of drug-likeness (QED) is 0.393. The molecule has 2 saturated heterocycles. The average molecular weight is 439 g/mol. The zero-order chi connectivity index (χ0) is 15.8. The summed E-state index contributed by atoms with van der Waals surface area (Å²) in [6, 6.07) is 0. The van der Waals surface area contributed by atoms with E-state index in [1.54, 1.807) is 0 Å². The molecule has 2 heterocycles. The maximum absolute atomic E-state index is 5.94. The molecule has 2 aliphatic heterocycles. The standard InChI is InChI=1S/C17H33N3O2.HI/c1-4-14(5-2)12-19-17(18-6-3)20-9-11-22-16(13-20)15-8-7-10-21-15;/h14-16H,4-13H2,1-3H3,(H,18,19);1H. The highest BCUT2D eigenvalue weighted by Crippen LogP contribution is 2.21. The lowest BCUT2D eigenvalue weighted by Gasteiger charge is -2.37. The molecule has 2 atom stereocenters. The minimum absolute atomic E-state index is 0. The van der Waals surface area contributed by atoms with Crippen molar-refractivity contribution in [2.75, 3.05) is 39.4 Å². The van der Waals surface area contributed by atoms with Crippen molar-refractivity contribution in [3.63, 3.8) is 0 Å². The Balaban J connectivity index is 0.00000264. The fraction of sp³-hybridized carbons (Fsp3) is 0.941. The van der Waals surface area contributed by atoms with E-state index in [0.717, 1.165) is 58.2 Å². The van der Waals surface area contributed by atoms with E-state index in [1.165, 1.54) is 12.8 Å². The Morgan fingerprint density at radius 3 is 2.52 bits per heavy atom. The van der Waals surface area contributed by atoms with Gasteiger partial charge in [-0.15, -0.1) is 24.0 Å². The summed E-state index contributed by atoms with van der Waals surface area (Å²) in [5.41, 5.74) is 0. The molecule has 0 aromatic heterocycles. The van der Waals surface area contributed by atoms with Crippen molar-refractivity contribution in [1.29, 1.82) is 0 Å². The van der Waals surface area contributed by atoms with E-state index in [0.29, 0.717) is 5.92 Å². The van der Waals surface area contributed by atoms with Gasteiger partial charge in [0.15, 0.2) is 5.96 Å². The number of aliphatic imine (C=N–C) groups is 1. The molecule has 2 rings (SSSR count). The summed E-state index contributed by atoms with van der Waals surface area (Å²) in [6.07, 6.45) is 5.13. The van der Waals surface area contributed by atoms with Crippen LogP contribution in [0.3, 0.4) is 0 Å². The second-order valence-corrected chi connectivity index (χ2v) is 6.28. The third-order valence-electron chi connectivity index (χ3n) is 4.76. The van der Waals surface area contributed by atoms with Gasteiger partial charge in [-0.1, -0.05) is 26.7 Å². The Morgan fingerprint density at radius 1 is 1.17 bits per heavy atom. The number of hydrogen-bond acceptors (Lipinski definition) is 3. The zero-order valence-electron chi connectivity index (χ0n) is 14.9. The molecule has 2 fully saturated rings. The first-order valence-electron chi connectivity index (χ1n) is 9.04. The first-order chi connectivity index (χ1) is 10.8. The highest BCUT2D eigenvalue weighted by molar-refractivity contribution is 14.0. The van der Waals surface area contributed by atoms with Crippen LogP contribution in [-0.2, 0) is 9.47 Å². The lowest BCUT2D eigenvalue weighted by Crippen LogP contribution is -2.53. The molecule has 136 valence electrons. The topological polar surface area (TPSA) is 46.1 Å². The van der Waals surface area contributed by atoms with Gasteiger partial charge in [0.2, 0.25) is 0 Å². The molecule has 0 aliphatic carbocycles. The van der Waals surface area contributed by atoms with Gasteiger partial charge in [0.05, 0.1) is 12.7 Å². The molecule has 0 aromatic carbocycles. The Labute approximate surface area is 158 Å². The van der Waals surface area contributed by atoms with E-state index in [9.17, 15) is 0 Å².